The van der Waals surface area contributed by atoms with Gasteiger partial charge in [0.1, 0.15) is 11.4 Å². The number of phenols is 1. The summed E-state index contributed by atoms with van der Waals surface area (Å²) in [5, 5.41) is 9.83. The molecule has 0 spiro atoms. The van der Waals surface area contributed by atoms with Gasteiger partial charge in [0, 0.05) is 12.0 Å². The first kappa shape index (κ1) is 21.2. The summed E-state index contributed by atoms with van der Waals surface area (Å²) >= 11 is 0. The van der Waals surface area contributed by atoms with Crippen LogP contribution in [0, 0.1) is 0 Å². The molecule has 0 aliphatic carbocycles. The maximum absolute atomic E-state index is 12.6. The van der Waals surface area contributed by atoms with E-state index < -0.39 is 11.5 Å². The molecular weight excluding hydrogens is 358 g/mol. The molecular formula is C22H25NO5. The Bertz CT molecular complexity index is 840. The van der Waals surface area contributed by atoms with E-state index in [9.17, 15) is 19.5 Å². The lowest BCUT2D eigenvalue weighted by Crippen LogP contribution is -2.29. The molecule has 0 fully saturated rings. The molecule has 1 N–H and O–H groups in total. The Morgan fingerprint density at radius 3 is 2.36 bits per heavy atom. The molecule has 0 saturated carbocycles. The zero-order valence-corrected chi connectivity index (χ0v) is 16.3. The summed E-state index contributed by atoms with van der Waals surface area (Å²) in [5.74, 6) is -0.745. The van der Waals surface area contributed by atoms with Crippen LogP contribution in [0.2, 0.25) is 0 Å². The number of phenolic OH excluding ortho intramolecular Hbond substituents is 1. The zero-order chi connectivity index (χ0) is 20.7. The summed E-state index contributed by atoms with van der Waals surface area (Å²) in [7, 11) is 0. The van der Waals surface area contributed by atoms with Crippen LogP contribution in [0.25, 0.3) is 0 Å². The molecule has 0 bridgehead atoms. The molecule has 0 heterocycles. The maximum Gasteiger partial charge on any atom is 0.306 e. The van der Waals surface area contributed by atoms with Crippen LogP contribution < -0.4 is 0 Å². The Balaban J connectivity index is 2.15. The third kappa shape index (κ3) is 6.23. The minimum atomic E-state index is -0.564. The number of rotatable bonds is 7. The Hall–Kier alpha value is -3.15. The average Bonchev–Trinajstić information content (AvgIpc) is 2.64. The molecule has 0 aromatic heterocycles. The molecule has 2 amide bonds. The number of ether oxygens (including phenoxy) is 1. The van der Waals surface area contributed by atoms with E-state index in [1.165, 1.54) is 12.1 Å². The van der Waals surface area contributed by atoms with Crippen molar-refractivity contribution in [3.05, 3.63) is 65.2 Å². The zero-order valence-electron chi connectivity index (χ0n) is 16.3. The largest absolute Gasteiger partial charge is 0.508 e. The van der Waals surface area contributed by atoms with E-state index in [4.69, 9.17) is 4.74 Å². The second-order valence-corrected chi connectivity index (χ2v) is 7.44. The van der Waals surface area contributed by atoms with Gasteiger partial charge in [0.15, 0.2) is 0 Å². The number of imide groups is 1. The molecule has 0 aliphatic rings. The predicted octanol–water partition coefficient (Wildman–Crippen LogP) is 3.47. The van der Waals surface area contributed by atoms with E-state index in [2.05, 4.69) is 0 Å². The molecule has 0 unspecified atom stereocenters. The standard InChI is InChI=1S/C22H25NO5/c1-22(2,3)28-20(26)12-10-16-9-11-19(25)13-18(16)14-23(15-24)21(27)17-7-5-4-6-8-17/h4-9,11,13,15,25H,10,12,14H2,1-3H3. The third-order valence-corrected chi connectivity index (χ3v) is 3.96. The highest BCUT2D eigenvalue weighted by Crippen LogP contribution is 2.21. The number of carbonyl (C=O) groups excluding carboxylic acids is 3. The number of aryl methyl sites for hydroxylation is 1. The number of carbonyl (C=O) groups is 3. The number of esters is 1. The van der Waals surface area contributed by atoms with Gasteiger partial charge >= 0.3 is 5.97 Å². The molecule has 0 aliphatic heterocycles. The number of nitrogens with zero attached hydrogens (tertiary/aromatic N) is 1. The number of hydrogen-bond acceptors (Lipinski definition) is 5. The fourth-order valence-corrected chi connectivity index (χ4v) is 2.72. The molecule has 6 heteroatoms. The summed E-state index contributed by atoms with van der Waals surface area (Å²) in [6.45, 7) is 5.39. The fourth-order valence-electron chi connectivity index (χ4n) is 2.72. The van der Waals surface area contributed by atoms with Gasteiger partial charge in [-0.3, -0.25) is 19.3 Å². The van der Waals surface area contributed by atoms with Gasteiger partial charge in [-0.2, -0.15) is 0 Å². The molecule has 148 valence electrons. The lowest BCUT2D eigenvalue weighted by Gasteiger charge is -2.20. The minimum absolute atomic E-state index is 0.00468. The normalized spacial score (nSPS) is 11.0. The van der Waals surface area contributed by atoms with Crippen LogP contribution in [0.5, 0.6) is 5.75 Å². The van der Waals surface area contributed by atoms with Crippen molar-refractivity contribution >= 4 is 18.3 Å². The van der Waals surface area contributed by atoms with Crippen LogP contribution in [-0.2, 0) is 27.3 Å². The number of hydrogen-bond donors (Lipinski definition) is 1. The van der Waals surface area contributed by atoms with E-state index in [0.29, 0.717) is 24.0 Å². The van der Waals surface area contributed by atoms with Crippen molar-refractivity contribution in [2.75, 3.05) is 0 Å². The highest BCUT2D eigenvalue weighted by molar-refractivity contribution is 5.99. The molecule has 0 radical (unpaired) electrons. The van der Waals surface area contributed by atoms with Crippen molar-refractivity contribution in [2.24, 2.45) is 0 Å². The number of amides is 2. The summed E-state index contributed by atoms with van der Waals surface area (Å²) in [5.41, 5.74) is 1.19. The highest BCUT2D eigenvalue weighted by Gasteiger charge is 2.19. The van der Waals surface area contributed by atoms with Crippen LogP contribution in [-0.4, -0.2) is 33.9 Å². The monoisotopic (exact) mass is 383 g/mol. The van der Waals surface area contributed by atoms with Crippen molar-refractivity contribution < 1.29 is 24.2 Å². The fraction of sp³-hybridized carbons (Fsp3) is 0.318. The van der Waals surface area contributed by atoms with E-state index in [-0.39, 0.29) is 24.7 Å². The molecule has 6 nitrogen and oxygen atoms in total. The summed E-state index contributed by atoms with van der Waals surface area (Å²) in [6.07, 6.45) is 0.997. The Kier molecular flexibility index (Phi) is 6.93. The summed E-state index contributed by atoms with van der Waals surface area (Å²) in [4.78, 5) is 37.1. The molecule has 2 rings (SSSR count). The Morgan fingerprint density at radius 1 is 1.07 bits per heavy atom. The van der Waals surface area contributed by atoms with Crippen molar-refractivity contribution in [1.82, 2.24) is 4.90 Å². The lowest BCUT2D eigenvalue weighted by atomic mass is 10.0. The van der Waals surface area contributed by atoms with Gasteiger partial charge in [-0.15, -0.1) is 0 Å². The van der Waals surface area contributed by atoms with Crippen LogP contribution >= 0.6 is 0 Å². The van der Waals surface area contributed by atoms with Gasteiger partial charge in [0.05, 0.1) is 6.54 Å². The Labute approximate surface area is 164 Å². The second-order valence-electron chi connectivity index (χ2n) is 7.44. The first-order valence-corrected chi connectivity index (χ1v) is 9.03. The van der Waals surface area contributed by atoms with Crippen molar-refractivity contribution in [3.8, 4) is 5.75 Å². The molecule has 28 heavy (non-hydrogen) atoms. The molecule has 2 aromatic rings. The van der Waals surface area contributed by atoms with Gasteiger partial charge in [-0.05, 0) is 62.6 Å². The maximum atomic E-state index is 12.6. The first-order chi connectivity index (χ1) is 13.2. The van der Waals surface area contributed by atoms with Crippen LogP contribution in [0.1, 0.15) is 48.7 Å². The Morgan fingerprint density at radius 2 is 1.75 bits per heavy atom. The van der Waals surface area contributed by atoms with Gasteiger partial charge in [0.25, 0.3) is 5.91 Å². The van der Waals surface area contributed by atoms with E-state index >= 15 is 0 Å². The summed E-state index contributed by atoms with van der Waals surface area (Å²) in [6, 6.07) is 13.2. The first-order valence-electron chi connectivity index (χ1n) is 9.03. The van der Waals surface area contributed by atoms with Gasteiger partial charge < -0.3 is 9.84 Å². The minimum Gasteiger partial charge on any atom is -0.508 e. The SMILES string of the molecule is CC(C)(C)OC(=O)CCc1ccc(O)cc1CN(C=O)C(=O)c1ccccc1. The van der Waals surface area contributed by atoms with Crippen LogP contribution in [0.4, 0.5) is 0 Å². The second kappa shape index (κ2) is 9.17. The topological polar surface area (TPSA) is 83.9 Å². The predicted molar refractivity (Wildman–Crippen MR) is 105 cm³/mol. The summed E-state index contributed by atoms with van der Waals surface area (Å²) < 4.78 is 5.31. The lowest BCUT2D eigenvalue weighted by molar-refractivity contribution is -0.154. The van der Waals surface area contributed by atoms with Crippen molar-refractivity contribution in [2.45, 2.75) is 45.8 Å². The molecule has 2 aromatic carbocycles. The van der Waals surface area contributed by atoms with Crippen molar-refractivity contribution in [3.63, 3.8) is 0 Å². The third-order valence-electron chi connectivity index (χ3n) is 3.96. The average molecular weight is 383 g/mol. The van der Waals surface area contributed by atoms with Crippen LogP contribution in [0.3, 0.4) is 0 Å². The number of benzene rings is 2. The number of aromatic hydroxyl groups is 1. The van der Waals surface area contributed by atoms with Crippen LogP contribution in [0.15, 0.2) is 48.5 Å². The van der Waals surface area contributed by atoms with E-state index in [1.807, 2.05) is 0 Å². The highest BCUT2D eigenvalue weighted by atomic mass is 16.6. The van der Waals surface area contributed by atoms with E-state index in [0.717, 1.165) is 10.5 Å². The smallest absolute Gasteiger partial charge is 0.306 e. The van der Waals surface area contributed by atoms with E-state index in [1.54, 1.807) is 57.2 Å². The van der Waals surface area contributed by atoms with Gasteiger partial charge in [-0.25, -0.2) is 0 Å². The van der Waals surface area contributed by atoms with Gasteiger partial charge in [-0.1, -0.05) is 24.3 Å². The quantitative estimate of drug-likeness (QED) is 0.585. The van der Waals surface area contributed by atoms with Crippen molar-refractivity contribution in [1.29, 1.82) is 0 Å². The van der Waals surface area contributed by atoms with Gasteiger partial charge in [0.2, 0.25) is 6.41 Å². The molecule has 0 atom stereocenters. The molecule has 0 saturated heterocycles.